The van der Waals surface area contributed by atoms with E-state index in [1.165, 1.54) is 11.8 Å². The Kier molecular flexibility index (Phi) is 16.3. The summed E-state index contributed by atoms with van der Waals surface area (Å²) >= 11 is 1.36. The summed E-state index contributed by atoms with van der Waals surface area (Å²) in [6, 6.07) is 12.8. The predicted octanol–water partition coefficient (Wildman–Crippen LogP) is 0.760. The van der Waals surface area contributed by atoms with Crippen LogP contribution in [0.3, 0.4) is 0 Å². The van der Waals surface area contributed by atoms with E-state index in [4.69, 9.17) is 25.3 Å². The van der Waals surface area contributed by atoms with Crippen LogP contribution >= 0.6 is 11.8 Å². The molecule has 2 aromatic heterocycles. The molecule has 6 N–H and O–H groups in total. The van der Waals surface area contributed by atoms with Crippen LogP contribution in [-0.2, 0) is 82.5 Å². The number of hydrogen-bond donors (Lipinski definition) is 6. The molecular formula is C50H54N8O14S. The van der Waals surface area contributed by atoms with Crippen LogP contribution in [0.2, 0.25) is 0 Å². The van der Waals surface area contributed by atoms with Crippen molar-refractivity contribution in [1.29, 1.82) is 0 Å². The van der Waals surface area contributed by atoms with Crippen molar-refractivity contribution in [2.45, 2.75) is 68.7 Å². The molecule has 0 radical (unpaired) electrons. The number of amides is 7. The van der Waals surface area contributed by atoms with Gasteiger partial charge in [-0.3, -0.25) is 43.3 Å². The van der Waals surface area contributed by atoms with Crippen LogP contribution in [0.1, 0.15) is 61.8 Å². The lowest BCUT2D eigenvalue weighted by Crippen LogP contribution is -2.52. The zero-order chi connectivity index (χ0) is 52.5. The number of aliphatic hydroxyl groups is 1. The number of benzene rings is 2. The lowest BCUT2D eigenvalue weighted by atomic mass is 9.86. The third kappa shape index (κ3) is 12.0. The first-order valence-corrected chi connectivity index (χ1v) is 24.5. The summed E-state index contributed by atoms with van der Waals surface area (Å²) in [5.41, 5.74) is 2.38. The van der Waals surface area contributed by atoms with E-state index < -0.39 is 79.1 Å². The highest BCUT2D eigenvalue weighted by molar-refractivity contribution is 8.02. The highest BCUT2D eigenvalue weighted by Gasteiger charge is 2.45. The summed E-state index contributed by atoms with van der Waals surface area (Å²) in [4.78, 5) is 121. The number of likely N-dealkylation sites (tertiary alicyclic amines) is 1. The second-order valence-corrected chi connectivity index (χ2v) is 18.1. The number of fused-ring (bicyclic) bond motifs is 5. The summed E-state index contributed by atoms with van der Waals surface area (Å²) < 4.78 is 30.4. The molecule has 73 heavy (non-hydrogen) atoms. The first-order valence-electron chi connectivity index (χ1n) is 24.2. The van der Waals surface area contributed by atoms with E-state index in [0.29, 0.717) is 27.5 Å². The second kappa shape index (κ2) is 23.5. The maximum atomic E-state index is 13.8. The molecule has 23 heteroatoms. The van der Waals surface area contributed by atoms with Gasteiger partial charge in [-0.15, -0.1) is 0 Å². The van der Waals surface area contributed by atoms with Crippen molar-refractivity contribution in [3.05, 3.63) is 92.1 Å². The number of aromatic nitrogens is 2. The first kappa shape index (κ1) is 50.6. The van der Waals surface area contributed by atoms with Gasteiger partial charge in [-0.2, -0.15) is 0 Å². The van der Waals surface area contributed by atoms with Crippen LogP contribution in [-0.4, -0.2) is 139 Å². The van der Waals surface area contributed by atoms with Gasteiger partial charge in [-0.05, 0) is 47.2 Å². The third-order valence-corrected chi connectivity index (χ3v) is 13.4. The average molecular weight is 1030 g/mol. The van der Waals surface area contributed by atoms with E-state index in [0.717, 1.165) is 27.0 Å². The topological polar surface area (TPSA) is 292 Å². The molecule has 4 aliphatic rings. The van der Waals surface area contributed by atoms with Gasteiger partial charge in [0.15, 0.2) is 5.60 Å². The van der Waals surface area contributed by atoms with Crippen molar-refractivity contribution in [2.24, 2.45) is 0 Å². The number of ether oxygens (including phenoxy) is 4. The number of nitrogens with one attached hydrogen (secondary N) is 5. The molecular weight excluding hydrogens is 969 g/mol. The standard InChI is InChI=1S/C50H54N8O14S/c1-2-50(68)33-23-37-45-31(27-58(37)48(66)32(33)28-72-49(50)67)30-13-21-73-46-35(9-8-34(56-45)44(30)46)54-41(62)26-53-47(65)36(22-29-6-4-3-5-7-29)55-40(61)25-52-39(60)24-51-38(59)12-15-69-17-19-71-20-18-70-16-14-57-42(63)10-11-43(57)64/h3-9,13,21,23,36,68H,2,10-12,14-20,22,24-28H2,1H3,(H,51,59)(H,52,60)(H,53,65)(H,54,62)(H,55,61)/t36-,50-/m0/s1/i10T/t10?,36-,50-. The van der Waals surface area contributed by atoms with Crippen LogP contribution in [0, 0.1) is 0 Å². The minimum Gasteiger partial charge on any atom is -0.458 e. The molecule has 22 nitrogen and oxygen atoms in total. The summed E-state index contributed by atoms with van der Waals surface area (Å²) in [5, 5.41) is 26.8. The number of cyclic esters (lactones) is 1. The van der Waals surface area contributed by atoms with E-state index in [2.05, 4.69) is 26.6 Å². The SMILES string of the molecule is [3H]C1CC(=O)N(CCOCCOCCOCCC(=O)NCC(=O)NCC(=O)N[C@@H](Cc2ccccc2)C(=O)NCC(=O)Nc2ccc3nc4c(c5c3c2SC=C5)Cn2c-4cc3c(c2=O)COC(=O)[C@]3(O)CC)C1=O. The van der Waals surface area contributed by atoms with Crippen LogP contribution in [0.4, 0.5) is 5.69 Å². The van der Waals surface area contributed by atoms with Crippen molar-refractivity contribution in [2.75, 3.05) is 71.1 Å². The molecule has 3 atom stereocenters. The van der Waals surface area contributed by atoms with E-state index in [1.54, 1.807) is 60.0 Å². The Bertz CT molecular complexity index is 2990. The predicted molar refractivity (Wildman–Crippen MR) is 262 cm³/mol. The van der Waals surface area contributed by atoms with E-state index >= 15 is 0 Å². The van der Waals surface area contributed by atoms with Crippen molar-refractivity contribution in [1.82, 2.24) is 35.7 Å². The van der Waals surface area contributed by atoms with Gasteiger partial charge in [0.1, 0.15) is 12.6 Å². The number of carbonyl (C=O) groups excluding carboxylic acids is 8. The Morgan fingerprint density at radius 3 is 2.32 bits per heavy atom. The minimum absolute atomic E-state index is 0.0135. The number of rotatable bonds is 24. The number of hydrogen-bond acceptors (Lipinski definition) is 16. The van der Waals surface area contributed by atoms with Crippen molar-refractivity contribution in [3.8, 4) is 11.4 Å². The average Bonchev–Trinajstić information content (AvgIpc) is 3.89. The molecule has 1 saturated heterocycles. The first-order chi connectivity index (χ1) is 35.7. The van der Waals surface area contributed by atoms with Gasteiger partial charge in [0.25, 0.3) is 5.56 Å². The molecule has 0 aliphatic carbocycles. The largest absolute Gasteiger partial charge is 0.458 e. The van der Waals surface area contributed by atoms with E-state index in [-0.39, 0.29) is 108 Å². The maximum Gasteiger partial charge on any atom is 0.343 e. The summed E-state index contributed by atoms with van der Waals surface area (Å²) in [5.74, 6) is -4.75. The Balaban J connectivity index is 0.776. The fraction of sp³-hybridized carbons (Fsp3) is 0.400. The highest BCUT2D eigenvalue weighted by atomic mass is 32.2. The van der Waals surface area contributed by atoms with Gasteiger partial charge in [-0.25, -0.2) is 9.78 Å². The van der Waals surface area contributed by atoms with Crippen LogP contribution in [0.25, 0.3) is 28.4 Å². The van der Waals surface area contributed by atoms with Gasteiger partial charge >= 0.3 is 5.97 Å². The summed E-state index contributed by atoms with van der Waals surface area (Å²) in [6.45, 7) is 1.32. The number of nitrogens with zero attached hydrogens (tertiary/aromatic N) is 3. The van der Waals surface area contributed by atoms with E-state index in [9.17, 15) is 48.3 Å². The Labute approximate surface area is 423 Å². The molecule has 384 valence electrons. The minimum atomic E-state index is -1.97. The van der Waals surface area contributed by atoms with Gasteiger partial charge in [0.2, 0.25) is 41.4 Å². The fourth-order valence-electron chi connectivity index (χ4n) is 8.66. The molecule has 6 heterocycles. The van der Waals surface area contributed by atoms with Gasteiger partial charge in [-0.1, -0.05) is 49.0 Å². The number of thioether (sulfide) groups is 1. The number of pyridine rings is 2. The molecule has 8 rings (SSSR count). The van der Waals surface area contributed by atoms with Crippen LogP contribution < -0.4 is 32.1 Å². The number of anilines is 1. The Morgan fingerprint density at radius 2 is 1.58 bits per heavy atom. The monoisotopic (exact) mass is 1020 g/mol. The second-order valence-electron chi connectivity index (χ2n) is 17.2. The zero-order valence-corrected chi connectivity index (χ0v) is 40.6. The molecule has 1 fully saturated rings. The number of esters is 1. The van der Waals surface area contributed by atoms with Gasteiger partial charge < -0.3 is 55.2 Å². The lowest BCUT2D eigenvalue weighted by molar-refractivity contribution is -0.172. The summed E-state index contributed by atoms with van der Waals surface area (Å²) in [7, 11) is 0. The van der Waals surface area contributed by atoms with E-state index in [1.807, 2.05) is 11.5 Å². The quantitative estimate of drug-likeness (QED) is 0.0283. The normalized spacial score (nSPS) is 17.8. The Morgan fingerprint density at radius 1 is 0.863 bits per heavy atom. The smallest absolute Gasteiger partial charge is 0.343 e. The summed E-state index contributed by atoms with van der Waals surface area (Å²) in [6.07, 6.45) is 0.789. The molecule has 0 bridgehead atoms. The molecule has 0 saturated carbocycles. The van der Waals surface area contributed by atoms with Gasteiger partial charge in [0.05, 0.1) is 101 Å². The fourth-order valence-corrected chi connectivity index (χ4v) is 9.58. The van der Waals surface area contributed by atoms with Crippen molar-refractivity contribution < 1.29 is 63.8 Å². The van der Waals surface area contributed by atoms with Crippen molar-refractivity contribution >= 4 is 81.7 Å². The molecule has 2 aromatic carbocycles. The molecule has 7 amide bonds. The lowest BCUT2D eigenvalue weighted by Gasteiger charge is -2.31. The maximum absolute atomic E-state index is 13.8. The number of carbonyl (C=O) groups is 8. The van der Waals surface area contributed by atoms with Crippen molar-refractivity contribution in [3.63, 3.8) is 0 Å². The third-order valence-electron chi connectivity index (χ3n) is 12.5. The molecule has 0 spiro atoms. The van der Waals surface area contributed by atoms with Crippen LogP contribution in [0.5, 0.6) is 0 Å². The molecule has 4 aliphatic heterocycles. The molecule has 1 unspecified atom stereocenters. The van der Waals surface area contributed by atoms with Crippen LogP contribution in [0.15, 0.2) is 63.6 Å². The zero-order valence-electron chi connectivity index (χ0n) is 40.7. The van der Waals surface area contributed by atoms with Gasteiger partial charge in [0, 0.05) is 48.4 Å². The highest BCUT2D eigenvalue weighted by Crippen LogP contribution is 2.46. The molecule has 4 aromatic rings. The number of imide groups is 1. The Hall–Kier alpha value is -7.31.